The number of para-hydroxylation sites is 1. The highest BCUT2D eigenvalue weighted by atomic mass is 32.2. The fourth-order valence-corrected chi connectivity index (χ4v) is 3.13. The van der Waals surface area contributed by atoms with E-state index in [9.17, 15) is 13.2 Å². The molecule has 0 aliphatic carbocycles. The molecule has 0 saturated carbocycles. The lowest BCUT2D eigenvalue weighted by atomic mass is 10.1. The Kier molecular flexibility index (Phi) is 5.69. The number of carbonyl (C=O) groups excluding carboxylic acids is 1. The molecule has 2 N–H and O–H groups in total. The molecule has 0 radical (unpaired) electrons. The number of aryl methyl sites for hydroxylation is 1. The molecule has 134 valence electrons. The van der Waals surface area contributed by atoms with Gasteiger partial charge in [-0.1, -0.05) is 18.2 Å². The highest BCUT2D eigenvalue weighted by Crippen LogP contribution is 2.25. The van der Waals surface area contributed by atoms with Crippen molar-refractivity contribution < 1.29 is 17.9 Å². The van der Waals surface area contributed by atoms with Crippen LogP contribution in [0.25, 0.3) is 0 Å². The number of sulfonamides is 1. The van der Waals surface area contributed by atoms with Crippen molar-refractivity contribution in [2.24, 2.45) is 0 Å². The van der Waals surface area contributed by atoms with Crippen molar-refractivity contribution >= 4 is 21.6 Å². The predicted molar refractivity (Wildman–Crippen MR) is 98.5 cm³/mol. The van der Waals surface area contributed by atoms with Gasteiger partial charge in [-0.3, -0.25) is 9.52 Å². The molecule has 0 fully saturated rings. The van der Waals surface area contributed by atoms with E-state index in [1.165, 1.54) is 0 Å². The third-order valence-corrected chi connectivity index (χ3v) is 4.33. The van der Waals surface area contributed by atoms with Crippen LogP contribution in [0.2, 0.25) is 0 Å². The third kappa shape index (κ3) is 4.96. The van der Waals surface area contributed by atoms with Crippen LogP contribution in [0.15, 0.2) is 42.5 Å². The van der Waals surface area contributed by atoms with E-state index >= 15 is 0 Å². The van der Waals surface area contributed by atoms with E-state index in [-0.39, 0.29) is 11.9 Å². The lowest BCUT2D eigenvalue weighted by molar-refractivity contribution is 0.0939. The van der Waals surface area contributed by atoms with Gasteiger partial charge in [0.15, 0.2) is 0 Å². The summed E-state index contributed by atoms with van der Waals surface area (Å²) >= 11 is 0. The number of methoxy groups -OCH3 is 1. The molecular weight excluding hydrogens is 340 g/mol. The Hall–Kier alpha value is -2.54. The van der Waals surface area contributed by atoms with Crippen LogP contribution in [0, 0.1) is 6.92 Å². The Morgan fingerprint density at radius 3 is 2.44 bits per heavy atom. The highest BCUT2D eigenvalue weighted by Gasteiger charge is 2.16. The third-order valence-electron chi connectivity index (χ3n) is 3.74. The average Bonchev–Trinajstić information content (AvgIpc) is 2.55. The topological polar surface area (TPSA) is 84.5 Å². The van der Waals surface area contributed by atoms with E-state index in [4.69, 9.17) is 4.74 Å². The van der Waals surface area contributed by atoms with Crippen molar-refractivity contribution in [3.8, 4) is 5.75 Å². The first-order valence-corrected chi connectivity index (χ1v) is 9.62. The minimum Gasteiger partial charge on any atom is -0.496 e. The van der Waals surface area contributed by atoms with Crippen LogP contribution >= 0.6 is 0 Å². The zero-order valence-electron chi connectivity index (χ0n) is 14.7. The smallest absolute Gasteiger partial charge is 0.251 e. The Morgan fingerprint density at radius 1 is 1.16 bits per heavy atom. The second-order valence-corrected chi connectivity index (χ2v) is 7.59. The number of anilines is 1. The van der Waals surface area contributed by atoms with E-state index < -0.39 is 10.0 Å². The van der Waals surface area contributed by atoms with E-state index in [1.54, 1.807) is 32.2 Å². The quantitative estimate of drug-likeness (QED) is 0.827. The van der Waals surface area contributed by atoms with Gasteiger partial charge in [-0.05, 0) is 43.7 Å². The second-order valence-electron chi connectivity index (χ2n) is 5.84. The maximum absolute atomic E-state index is 12.5. The summed E-state index contributed by atoms with van der Waals surface area (Å²) in [6.07, 6.45) is 1.09. The Balaban J connectivity index is 2.17. The lowest BCUT2D eigenvalue weighted by Gasteiger charge is -2.17. The minimum absolute atomic E-state index is 0.238. The van der Waals surface area contributed by atoms with Gasteiger partial charge in [-0.25, -0.2) is 8.42 Å². The summed E-state index contributed by atoms with van der Waals surface area (Å²) in [6, 6.07) is 12.1. The van der Waals surface area contributed by atoms with Gasteiger partial charge >= 0.3 is 0 Å². The highest BCUT2D eigenvalue weighted by molar-refractivity contribution is 7.92. The maximum Gasteiger partial charge on any atom is 0.251 e. The number of benzene rings is 2. The summed E-state index contributed by atoms with van der Waals surface area (Å²) in [5, 5.41) is 2.92. The molecule has 0 aliphatic heterocycles. The maximum atomic E-state index is 12.5. The fourth-order valence-electron chi connectivity index (χ4n) is 2.50. The van der Waals surface area contributed by atoms with E-state index in [1.807, 2.05) is 31.2 Å². The number of ether oxygens (including phenoxy) is 1. The number of rotatable bonds is 6. The minimum atomic E-state index is -3.36. The molecule has 0 heterocycles. The monoisotopic (exact) mass is 362 g/mol. The first-order chi connectivity index (χ1) is 11.7. The summed E-state index contributed by atoms with van der Waals surface area (Å²) in [7, 11) is -1.77. The van der Waals surface area contributed by atoms with Crippen molar-refractivity contribution in [1.82, 2.24) is 5.32 Å². The Labute approximate surface area is 148 Å². The van der Waals surface area contributed by atoms with E-state index in [0.29, 0.717) is 22.6 Å². The molecule has 2 aromatic rings. The zero-order valence-corrected chi connectivity index (χ0v) is 15.5. The number of hydrogen-bond donors (Lipinski definition) is 2. The molecule has 1 unspecified atom stereocenters. The molecule has 2 rings (SSSR count). The van der Waals surface area contributed by atoms with E-state index in [2.05, 4.69) is 10.0 Å². The molecule has 0 aromatic heterocycles. The number of hydrogen-bond acceptors (Lipinski definition) is 4. The van der Waals surface area contributed by atoms with Gasteiger partial charge < -0.3 is 10.1 Å². The van der Waals surface area contributed by atoms with Crippen LogP contribution in [0.4, 0.5) is 5.69 Å². The van der Waals surface area contributed by atoms with Crippen LogP contribution in [0.3, 0.4) is 0 Å². The van der Waals surface area contributed by atoms with Gasteiger partial charge in [0.25, 0.3) is 5.91 Å². The van der Waals surface area contributed by atoms with Crippen molar-refractivity contribution in [3.05, 3.63) is 59.2 Å². The first kappa shape index (κ1) is 18.8. The lowest BCUT2D eigenvalue weighted by Crippen LogP contribution is -2.27. The van der Waals surface area contributed by atoms with Crippen molar-refractivity contribution in [2.75, 3.05) is 18.1 Å². The summed E-state index contributed by atoms with van der Waals surface area (Å²) in [5.74, 6) is 0.464. The number of carbonyl (C=O) groups is 1. The zero-order chi connectivity index (χ0) is 18.6. The normalized spacial score (nSPS) is 12.3. The molecule has 0 spiro atoms. The van der Waals surface area contributed by atoms with Crippen molar-refractivity contribution in [3.63, 3.8) is 0 Å². The van der Waals surface area contributed by atoms with Crippen molar-refractivity contribution in [1.29, 1.82) is 0 Å². The van der Waals surface area contributed by atoms with Gasteiger partial charge in [0.05, 0.1) is 25.1 Å². The molecule has 6 nitrogen and oxygen atoms in total. The Bertz CT molecular complexity index is 878. The molecule has 2 aromatic carbocycles. The summed E-state index contributed by atoms with van der Waals surface area (Å²) in [6.45, 7) is 3.62. The number of amides is 1. The van der Waals surface area contributed by atoms with Crippen LogP contribution < -0.4 is 14.8 Å². The largest absolute Gasteiger partial charge is 0.496 e. The first-order valence-electron chi connectivity index (χ1n) is 7.73. The molecule has 0 bridgehead atoms. The molecule has 1 amide bonds. The van der Waals surface area contributed by atoms with Gasteiger partial charge in [-0.2, -0.15) is 0 Å². The predicted octanol–water partition coefficient (Wildman–Crippen LogP) is 2.87. The van der Waals surface area contributed by atoms with Crippen LogP contribution in [-0.4, -0.2) is 27.7 Å². The van der Waals surface area contributed by atoms with Crippen LogP contribution in [0.1, 0.15) is 34.5 Å². The molecule has 0 aliphatic rings. The molecule has 0 saturated heterocycles. The summed E-state index contributed by atoms with van der Waals surface area (Å²) in [5.41, 5.74) is 2.46. The summed E-state index contributed by atoms with van der Waals surface area (Å²) in [4.78, 5) is 12.5. The number of nitrogens with one attached hydrogen (secondary N) is 2. The van der Waals surface area contributed by atoms with Crippen molar-refractivity contribution in [2.45, 2.75) is 19.9 Å². The molecule has 7 heteroatoms. The van der Waals surface area contributed by atoms with Crippen LogP contribution in [0.5, 0.6) is 5.75 Å². The fraction of sp³-hybridized carbons (Fsp3) is 0.278. The molecular formula is C18H22N2O4S. The van der Waals surface area contributed by atoms with Gasteiger partial charge in [-0.15, -0.1) is 0 Å². The van der Waals surface area contributed by atoms with E-state index in [0.717, 1.165) is 11.8 Å². The SMILES string of the molecule is COc1ccccc1C(C)NC(=O)c1ccc(NS(C)(=O)=O)c(C)c1. The van der Waals surface area contributed by atoms with Gasteiger partial charge in [0, 0.05) is 11.1 Å². The van der Waals surface area contributed by atoms with Crippen LogP contribution in [-0.2, 0) is 10.0 Å². The summed E-state index contributed by atoms with van der Waals surface area (Å²) < 4.78 is 30.4. The second kappa shape index (κ2) is 7.57. The average molecular weight is 362 g/mol. The van der Waals surface area contributed by atoms with Gasteiger partial charge in [0.1, 0.15) is 5.75 Å². The molecule has 1 atom stereocenters. The molecule has 25 heavy (non-hydrogen) atoms. The van der Waals surface area contributed by atoms with Gasteiger partial charge in [0.2, 0.25) is 10.0 Å². The standard InChI is InChI=1S/C18H22N2O4S/c1-12-11-14(9-10-16(12)20-25(4,22)23)18(21)19-13(2)15-7-5-6-8-17(15)24-3/h5-11,13,20H,1-4H3,(H,19,21). The Morgan fingerprint density at radius 2 is 1.84 bits per heavy atom.